The minimum absolute atomic E-state index is 0.326. The van der Waals surface area contributed by atoms with Crippen LogP contribution in [0.1, 0.15) is 5.56 Å². The molecule has 4 aromatic rings. The molecule has 28 heavy (non-hydrogen) atoms. The van der Waals surface area contributed by atoms with Crippen LogP contribution in [0.2, 0.25) is 0 Å². The average molecular weight is 372 g/mol. The van der Waals surface area contributed by atoms with E-state index >= 15 is 0 Å². The van der Waals surface area contributed by atoms with Gasteiger partial charge in [-0.25, -0.2) is 4.79 Å². The van der Waals surface area contributed by atoms with Crippen LogP contribution in [0.4, 0.5) is 10.5 Å². The molecule has 1 N–H and O–H groups in total. The summed E-state index contributed by atoms with van der Waals surface area (Å²) >= 11 is 0. The number of nitrogens with zero attached hydrogens (tertiary/aromatic N) is 5. The lowest BCUT2D eigenvalue weighted by Gasteiger charge is -2.11. The van der Waals surface area contributed by atoms with Gasteiger partial charge in [0.2, 0.25) is 0 Å². The first-order chi connectivity index (χ1) is 13.6. The van der Waals surface area contributed by atoms with Crippen molar-refractivity contribution < 1.29 is 4.79 Å². The van der Waals surface area contributed by atoms with Crippen LogP contribution in [0.15, 0.2) is 67.4 Å². The number of pyridine rings is 2. The van der Waals surface area contributed by atoms with E-state index < -0.39 is 0 Å². The molecular weight excluding hydrogens is 352 g/mol. The second-order valence-corrected chi connectivity index (χ2v) is 6.82. The van der Waals surface area contributed by atoms with Crippen LogP contribution in [0.25, 0.3) is 22.0 Å². The summed E-state index contributed by atoms with van der Waals surface area (Å²) in [5.41, 5.74) is 4.45. The molecule has 0 spiro atoms. The molecule has 140 valence electrons. The second-order valence-electron chi connectivity index (χ2n) is 6.82. The third-order valence-corrected chi connectivity index (χ3v) is 4.30. The monoisotopic (exact) mass is 372 g/mol. The first-order valence-electron chi connectivity index (χ1n) is 8.88. The van der Waals surface area contributed by atoms with Crippen LogP contribution < -0.4 is 5.32 Å². The van der Waals surface area contributed by atoms with E-state index in [1.165, 1.54) is 4.68 Å². The lowest BCUT2D eigenvalue weighted by molar-refractivity contribution is 0.252. The van der Waals surface area contributed by atoms with E-state index in [1.54, 1.807) is 24.8 Å². The van der Waals surface area contributed by atoms with Crippen LogP contribution in [0.5, 0.6) is 0 Å². The van der Waals surface area contributed by atoms with Gasteiger partial charge in [0.05, 0.1) is 23.6 Å². The van der Waals surface area contributed by atoms with Crippen molar-refractivity contribution in [1.82, 2.24) is 24.6 Å². The molecule has 1 aromatic carbocycles. The maximum absolute atomic E-state index is 12.7. The third kappa shape index (κ3) is 3.74. The fourth-order valence-electron chi connectivity index (χ4n) is 3.09. The van der Waals surface area contributed by atoms with Gasteiger partial charge in [-0.15, -0.1) is 0 Å². The molecule has 0 fully saturated rings. The summed E-state index contributed by atoms with van der Waals surface area (Å²) in [6.45, 7) is 0.749. The Bertz CT molecular complexity index is 1120. The highest BCUT2D eigenvalue weighted by molar-refractivity contribution is 5.98. The quantitative estimate of drug-likeness (QED) is 0.592. The largest absolute Gasteiger partial charge is 0.347 e. The number of nitrogens with one attached hydrogen (secondary N) is 1. The van der Waals surface area contributed by atoms with Crippen LogP contribution in [0, 0.1) is 0 Å². The molecule has 1 amide bonds. The van der Waals surface area contributed by atoms with Crippen molar-refractivity contribution in [3.8, 4) is 11.1 Å². The normalized spacial score (nSPS) is 11.1. The Kier molecular flexibility index (Phi) is 4.82. The Morgan fingerprint density at radius 1 is 1.04 bits per heavy atom. The molecule has 3 aromatic heterocycles. The van der Waals surface area contributed by atoms with Crippen molar-refractivity contribution in [1.29, 1.82) is 0 Å². The highest BCUT2D eigenvalue weighted by Crippen LogP contribution is 2.24. The number of fused-ring (bicyclic) bond motifs is 1. The summed E-state index contributed by atoms with van der Waals surface area (Å²) in [6, 6.07) is 11.3. The van der Waals surface area contributed by atoms with E-state index in [4.69, 9.17) is 0 Å². The highest BCUT2D eigenvalue weighted by Gasteiger charge is 2.12. The Balaban J connectivity index is 1.58. The summed E-state index contributed by atoms with van der Waals surface area (Å²) in [4.78, 5) is 23.1. The maximum Gasteiger partial charge on any atom is 0.347 e. The zero-order chi connectivity index (χ0) is 19.5. The number of hydrogen-bond donors (Lipinski definition) is 1. The van der Waals surface area contributed by atoms with Crippen LogP contribution in [-0.4, -0.2) is 44.8 Å². The Hall–Kier alpha value is -3.58. The van der Waals surface area contributed by atoms with E-state index in [9.17, 15) is 4.79 Å². The van der Waals surface area contributed by atoms with Gasteiger partial charge < -0.3 is 10.2 Å². The SMILES string of the molecule is CN(C)Cc1cncc(NC(=O)n2ncc3cc(-c4cccnc4)ccc32)c1. The van der Waals surface area contributed by atoms with Crippen molar-refractivity contribution in [2.75, 3.05) is 19.4 Å². The zero-order valence-electron chi connectivity index (χ0n) is 15.7. The van der Waals surface area contributed by atoms with Gasteiger partial charge in [-0.1, -0.05) is 12.1 Å². The molecule has 0 atom stereocenters. The van der Waals surface area contributed by atoms with E-state index in [1.807, 2.05) is 61.6 Å². The van der Waals surface area contributed by atoms with Crippen LogP contribution in [0.3, 0.4) is 0 Å². The lowest BCUT2D eigenvalue weighted by atomic mass is 10.1. The summed E-state index contributed by atoms with van der Waals surface area (Å²) in [5.74, 6) is 0. The Labute approximate surface area is 162 Å². The molecule has 0 aliphatic heterocycles. The van der Waals surface area contributed by atoms with Gasteiger partial charge in [0.25, 0.3) is 0 Å². The van der Waals surface area contributed by atoms with Crippen molar-refractivity contribution in [2.45, 2.75) is 6.54 Å². The molecule has 0 radical (unpaired) electrons. The standard InChI is InChI=1S/C21H20N6O/c1-26(2)14-15-8-19(13-23-10-15)25-21(28)27-20-6-5-16(9-18(20)12-24-27)17-4-3-7-22-11-17/h3-13H,14H2,1-2H3,(H,25,28). The first kappa shape index (κ1) is 17.8. The fourth-order valence-corrected chi connectivity index (χ4v) is 3.09. The number of anilines is 1. The number of benzene rings is 1. The van der Waals surface area contributed by atoms with Crippen molar-refractivity contribution in [2.24, 2.45) is 0 Å². The number of carbonyl (C=O) groups excluding carboxylic acids is 1. The minimum atomic E-state index is -0.326. The first-order valence-corrected chi connectivity index (χ1v) is 8.88. The van der Waals surface area contributed by atoms with Crippen LogP contribution in [-0.2, 0) is 6.54 Å². The van der Waals surface area contributed by atoms with E-state index in [0.29, 0.717) is 5.69 Å². The number of aromatic nitrogens is 4. The second kappa shape index (κ2) is 7.58. The number of amides is 1. The molecule has 7 heteroatoms. The molecule has 3 heterocycles. The van der Waals surface area contributed by atoms with Crippen LogP contribution >= 0.6 is 0 Å². The molecular formula is C21H20N6O. The summed E-state index contributed by atoms with van der Waals surface area (Å²) in [5, 5.41) is 8.01. The van der Waals surface area contributed by atoms with Gasteiger partial charge in [-0.2, -0.15) is 9.78 Å². The van der Waals surface area contributed by atoms with E-state index in [0.717, 1.165) is 34.1 Å². The molecule has 0 unspecified atom stereocenters. The van der Waals surface area contributed by atoms with Gasteiger partial charge in [0.1, 0.15) is 0 Å². The van der Waals surface area contributed by atoms with Gasteiger partial charge in [0, 0.05) is 36.1 Å². The van der Waals surface area contributed by atoms with Gasteiger partial charge >= 0.3 is 6.03 Å². The maximum atomic E-state index is 12.7. The summed E-state index contributed by atoms with van der Waals surface area (Å²) < 4.78 is 1.36. The van der Waals surface area contributed by atoms with E-state index in [2.05, 4.69) is 20.4 Å². The smallest absolute Gasteiger partial charge is 0.305 e. The number of hydrogen-bond acceptors (Lipinski definition) is 5. The highest BCUT2D eigenvalue weighted by atomic mass is 16.2. The van der Waals surface area contributed by atoms with Crippen molar-refractivity contribution in [3.05, 3.63) is 72.9 Å². The summed E-state index contributed by atoms with van der Waals surface area (Å²) in [6.07, 6.45) is 8.66. The van der Waals surface area contributed by atoms with Crippen molar-refractivity contribution in [3.63, 3.8) is 0 Å². The molecule has 0 aliphatic rings. The van der Waals surface area contributed by atoms with Gasteiger partial charge in [-0.05, 0) is 49.5 Å². The van der Waals surface area contributed by atoms with Gasteiger partial charge in [-0.3, -0.25) is 9.97 Å². The fraction of sp³-hybridized carbons (Fsp3) is 0.143. The molecule has 7 nitrogen and oxygen atoms in total. The molecule has 4 rings (SSSR count). The Morgan fingerprint density at radius 2 is 1.93 bits per heavy atom. The number of rotatable bonds is 4. The minimum Gasteiger partial charge on any atom is -0.305 e. The summed E-state index contributed by atoms with van der Waals surface area (Å²) in [7, 11) is 3.97. The average Bonchev–Trinajstić information content (AvgIpc) is 3.12. The van der Waals surface area contributed by atoms with E-state index in [-0.39, 0.29) is 6.03 Å². The van der Waals surface area contributed by atoms with Crippen molar-refractivity contribution >= 4 is 22.6 Å². The van der Waals surface area contributed by atoms with Gasteiger partial charge in [0.15, 0.2) is 0 Å². The topological polar surface area (TPSA) is 75.9 Å². The molecule has 0 aliphatic carbocycles. The predicted octanol–water partition coefficient (Wildman–Crippen LogP) is 3.64. The predicted molar refractivity (Wildman–Crippen MR) is 109 cm³/mol. The zero-order valence-corrected chi connectivity index (χ0v) is 15.7. The lowest BCUT2D eigenvalue weighted by Crippen LogP contribution is -2.20. The Morgan fingerprint density at radius 3 is 2.71 bits per heavy atom. The molecule has 0 saturated heterocycles. The number of carbonyl (C=O) groups is 1. The molecule has 0 bridgehead atoms. The third-order valence-electron chi connectivity index (χ3n) is 4.30. The molecule has 0 saturated carbocycles.